The molecule has 2 heterocycles. The molecule has 1 fully saturated rings. The standard InChI is InChI=1S/C23H37N3O2/c1-6-11-26-16(2)18(22-19(26)14-23(3,4)15-20(22)27)13-21(28)24-10-9-17-8-7-12-25(17)5/h17H,6-15H2,1-5H3,(H,24,28). The van der Waals surface area contributed by atoms with Gasteiger partial charge in [0.05, 0.1) is 6.42 Å². The van der Waals surface area contributed by atoms with Crippen LogP contribution in [0.1, 0.15) is 80.2 Å². The summed E-state index contributed by atoms with van der Waals surface area (Å²) in [5, 5.41) is 3.10. The van der Waals surface area contributed by atoms with E-state index in [2.05, 4.69) is 49.5 Å². The molecule has 1 aromatic rings. The van der Waals surface area contributed by atoms with Crippen LogP contribution >= 0.6 is 0 Å². The number of carbonyl (C=O) groups excluding carboxylic acids is 2. The van der Waals surface area contributed by atoms with Gasteiger partial charge in [-0.2, -0.15) is 0 Å². The van der Waals surface area contributed by atoms with Gasteiger partial charge >= 0.3 is 0 Å². The first kappa shape index (κ1) is 21.1. The number of amides is 1. The van der Waals surface area contributed by atoms with Crippen molar-refractivity contribution in [2.75, 3.05) is 20.1 Å². The molecule has 0 saturated carbocycles. The van der Waals surface area contributed by atoms with Gasteiger partial charge in [-0.05, 0) is 63.6 Å². The zero-order valence-corrected chi connectivity index (χ0v) is 18.4. The number of Topliss-reactive ketones (excluding diaryl/α,β-unsaturated/α-hetero) is 1. The maximum atomic E-state index is 12.9. The molecular weight excluding hydrogens is 350 g/mol. The van der Waals surface area contributed by atoms with Gasteiger partial charge in [-0.15, -0.1) is 0 Å². The fourth-order valence-electron chi connectivity index (χ4n) is 5.10. The van der Waals surface area contributed by atoms with Gasteiger partial charge in [0, 0.05) is 42.5 Å². The average Bonchev–Trinajstić information content (AvgIpc) is 3.11. The molecule has 28 heavy (non-hydrogen) atoms. The normalized spacial score (nSPS) is 21.8. The zero-order chi connectivity index (χ0) is 20.5. The number of fused-ring (bicyclic) bond motifs is 1. The molecule has 2 aliphatic rings. The highest BCUT2D eigenvalue weighted by Crippen LogP contribution is 2.39. The van der Waals surface area contributed by atoms with Crippen LogP contribution in [0.4, 0.5) is 0 Å². The van der Waals surface area contributed by atoms with Crippen molar-refractivity contribution in [2.45, 2.75) is 85.2 Å². The molecule has 5 heteroatoms. The first-order chi connectivity index (χ1) is 13.2. The molecule has 1 N–H and O–H groups in total. The molecule has 0 radical (unpaired) electrons. The Labute approximate surface area is 169 Å². The third-order valence-corrected chi connectivity index (χ3v) is 6.58. The van der Waals surface area contributed by atoms with E-state index in [9.17, 15) is 9.59 Å². The fourth-order valence-corrected chi connectivity index (χ4v) is 5.10. The van der Waals surface area contributed by atoms with Crippen LogP contribution in [0.2, 0.25) is 0 Å². The minimum atomic E-state index is -0.00674. The molecule has 3 rings (SSSR count). The third kappa shape index (κ3) is 4.35. The van der Waals surface area contributed by atoms with E-state index < -0.39 is 0 Å². The molecule has 0 aromatic carbocycles. The molecular formula is C23H37N3O2. The Hall–Kier alpha value is -1.62. The number of rotatable bonds is 7. The van der Waals surface area contributed by atoms with Crippen molar-refractivity contribution >= 4 is 11.7 Å². The predicted octanol–water partition coefficient (Wildman–Crippen LogP) is 3.50. The van der Waals surface area contributed by atoms with Crippen LogP contribution in [-0.2, 0) is 24.2 Å². The van der Waals surface area contributed by atoms with E-state index in [4.69, 9.17) is 0 Å². The summed E-state index contributed by atoms with van der Waals surface area (Å²) in [5.41, 5.74) is 4.04. The molecule has 1 saturated heterocycles. The van der Waals surface area contributed by atoms with E-state index in [0.717, 1.165) is 54.9 Å². The van der Waals surface area contributed by atoms with Crippen molar-refractivity contribution in [3.8, 4) is 0 Å². The molecule has 1 aliphatic heterocycles. The highest BCUT2D eigenvalue weighted by molar-refractivity contribution is 6.01. The number of carbonyl (C=O) groups is 2. The Morgan fingerprint density at radius 1 is 1.29 bits per heavy atom. The Kier molecular flexibility index (Phi) is 6.33. The van der Waals surface area contributed by atoms with Gasteiger partial charge in [-0.3, -0.25) is 9.59 Å². The summed E-state index contributed by atoms with van der Waals surface area (Å²) in [7, 11) is 2.17. The smallest absolute Gasteiger partial charge is 0.224 e. The van der Waals surface area contributed by atoms with Crippen molar-refractivity contribution in [1.29, 1.82) is 0 Å². The van der Waals surface area contributed by atoms with Gasteiger partial charge < -0.3 is 14.8 Å². The highest BCUT2D eigenvalue weighted by Gasteiger charge is 2.36. The topological polar surface area (TPSA) is 54.3 Å². The summed E-state index contributed by atoms with van der Waals surface area (Å²) in [6, 6.07) is 0.587. The van der Waals surface area contributed by atoms with Crippen LogP contribution in [0.3, 0.4) is 0 Å². The lowest BCUT2D eigenvalue weighted by Gasteiger charge is -2.30. The molecule has 0 spiro atoms. The number of likely N-dealkylation sites (tertiary alicyclic amines) is 1. The van der Waals surface area contributed by atoms with Crippen LogP contribution in [0.5, 0.6) is 0 Å². The molecule has 0 bridgehead atoms. The first-order valence-corrected chi connectivity index (χ1v) is 10.9. The van der Waals surface area contributed by atoms with E-state index >= 15 is 0 Å². The minimum Gasteiger partial charge on any atom is -0.356 e. The first-order valence-electron chi connectivity index (χ1n) is 10.9. The molecule has 1 atom stereocenters. The monoisotopic (exact) mass is 387 g/mol. The predicted molar refractivity (Wildman–Crippen MR) is 113 cm³/mol. The minimum absolute atomic E-state index is 0.00674. The van der Waals surface area contributed by atoms with E-state index in [-0.39, 0.29) is 17.1 Å². The third-order valence-electron chi connectivity index (χ3n) is 6.58. The van der Waals surface area contributed by atoms with Crippen LogP contribution in [-0.4, -0.2) is 47.3 Å². The Bertz CT molecular complexity index is 748. The quantitative estimate of drug-likeness (QED) is 0.779. The Morgan fingerprint density at radius 2 is 2.04 bits per heavy atom. The Morgan fingerprint density at radius 3 is 2.68 bits per heavy atom. The lowest BCUT2D eigenvalue weighted by Crippen LogP contribution is -2.33. The average molecular weight is 388 g/mol. The number of nitrogens with zero attached hydrogens (tertiary/aromatic N) is 2. The van der Waals surface area contributed by atoms with E-state index in [1.54, 1.807) is 0 Å². The maximum absolute atomic E-state index is 12.9. The van der Waals surface area contributed by atoms with Gasteiger partial charge in [0.1, 0.15) is 0 Å². The van der Waals surface area contributed by atoms with Gasteiger partial charge in [0.2, 0.25) is 5.91 Å². The largest absolute Gasteiger partial charge is 0.356 e. The van der Waals surface area contributed by atoms with Crippen molar-refractivity contribution in [1.82, 2.24) is 14.8 Å². The lowest BCUT2D eigenvalue weighted by molar-refractivity contribution is -0.120. The number of nitrogens with one attached hydrogen (secondary N) is 1. The number of ketones is 1. The highest BCUT2D eigenvalue weighted by atomic mass is 16.1. The number of hydrogen-bond donors (Lipinski definition) is 1. The maximum Gasteiger partial charge on any atom is 0.224 e. The molecule has 1 unspecified atom stereocenters. The molecule has 156 valence electrons. The SMILES string of the molecule is CCCn1c(C)c(CC(=O)NCCC2CCCN2C)c2c1CC(C)(C)CC2=O. The second-order valence-electron chi connectivity index (χ2n) is 9.57. The Balaban J connectivity index is 1.73. The molecule has 5 nitrogen and oxygen atoms in total. The van der Waals surface area contributed by atoms with Crippen molar-refractivity contribution in [3.05, 3.63) is 22.5 Å². The second kappa shape index (κ2) is 8.40. The summed E-state index contributed by atoms with van der Waals surface area (Å²) in [4.78, 5) is 28.0. The van der Waals surface area contributed by atoms with Crippen LogP contribution in [0, 0.1) is 12.3 Å². The summed E-state index contributed by atoms with van der Waals surface area (Å²) in [6.45, 7) is 11.3. The van der Waals surface area contributed by atoms with Crippen LogP contribution in [0.25, 0.3) is 0 Å². The summed E-state index contributed by atoms with van der Waals surface area (Å²) in [6.07, 6.45) is 6.30. The summed E-state index contributed by atoms with van der Waals surface area (Å²) >= 11 is 0. The van der Waals surface area contributed by atoms with Gasteiger partial charge in [0.25, 0.3) is 0 Å². The fraction of sp³-hybridized carbons (Fsp3) is 0.739. The molecule has 1 aromatic heterocycles. The van der Waals surface area contributed by atoms with Crippen LogP contribution < -0.4 is 5.32 Å². The van der Waals surface area contributed by atoms with Crippen LogP contribution in [0.15, 0.2) is 0 Å². The molecule has 1 amide bonds. The van der Waals surface area contributed by atoms with Gasteiger partial charge in [-0.1, -0.05) is 20.8 Å². The molecule has 1 aliphatic carbocycles. The van der Waals surface area contributed by atoms with E-state index in [1.807, 2.05) is 0 Å². The lowest BCUT2D eigenvalue weighted by atomic mass is 9.75. The van der Waals surface area contributed by atoms with Crippen molar-refractivity contribution in [3.63, 3.8) is 0 Å². The summed E-state index contributed by atoms with van der Waals surface area (Å²) < 4.78 is 2.30. The number of hydrogen-bond acceptors (Lipinski definition) is 3. The second-order valence-corrected chi connectivity index (χ2v) is 9.57. The van der Waals surface area contributed by atoms with Gasteiger partial charge in [-0.25, -0.2) is 0 Å². The van der Waals surface area contributed by atoms with Crippen molar-refractivity contribution < 1.29 is 9.59 Å². The number of aromatic nitrogens is 1. The van der Waals surface area contributed by atoms with E-state index in [1.165, 1.54) is 12.8 Å². The van der Waals surface area contributed by atoms with E-state index in [0.29, 0.717) is 25.4 Å². The zero-order valence-electron chi connectivity index (χ0n) is 18.4. The summed E-state index contributed by atoms with van der Waals surface area (Å²) in [5.74, 6) is 0.248. The van der Waals surface area contributed by atoms with Gasteiger partial charge in [0.15, 0.2) is 5.78 Å². The van der Waals surface area contributed by atoms with Crippen molar-refractivity contribution in [2.24, 2.45) is 5.41 Å².